The summed E-state index contributed by atoms with van der Waals surface area (Å²) < 4.78 is 11.6. The largest absolute Gasteiger partial charge is 0.393 e. The van der Waals surface area contributed by atoms with Crippen LogP contribution in [-0.2, 0) is 9.47 Å². The maximum atomic E-state index is 10.6. The van der Waals surface area contributed by atoms with Crippen LogP contribution in [-0.4, -0.2) is 31.2 Å². The van der Waals surface area contributed by atoms with Crippen LogP contribution in [0.2, 0.25) is 0 Å². The zero-order chi connectivity index (χ0) is 17.2. The van der Waals surface area contributed by atoms with Crippen LogP contribution in [0.4, 0.5) is 0 Å². The summed E-state index contributed by atoms with van der Waals surface area (Å²) in [4.78, 5) is 0. The van der Waals surface area contributed by atoms with Crippen LogP contribution in [0.15, 0.2) is 0 Å². The van der Waals surface area contributed by atoms with Gasteiger partial charge in [0.15, 0.2) is 5.79 Å². The average molecular weight is 337 g/mol. The van der Waals surface area contributed by atoms with Gasteiger partial charge in [0.1, 0.15) is 0 Å². The third-order valence-electron chi connectivity index (χ3n) is 9.36. The van der Waals surface area contributed by atoms with E-state index in [2.05, 4.69) is 13.8 Å². The van der Waals surface area contributed by atoms with Crippen molar-refractivity contribution in [3.63, 3.8) is 0 Å². The first-order valence-electron chi connectivity index (χ1n) is 10.2. The van der Waals surface area contributed by atoms with Gasteiger partial charge >= 0.3 is 0 Å². The Morgan fingerprint density at radius 3 is 2.21 bits per heavy atom. The molecule has 0 aromatic carbocycles. The van der Waals surface area contributed by atoms with Crippen LogP contribution < -0.4 is 0 Å². The van der Waals surface area contributed by atoms with Crippen molar-refractivity contribution in [3.8, 4) is 0 Å². The maximum absolute atomic E-state index is 10.6. The van der Waals surface area contributed by atoms with E-state index in [1.807, 2.05) is 14.2 Å². The second-order valence-corrected chi connectivity index (χ2v) is 9.82. The van der Waals surface area contributed by atoms with Crippen molar-refractivity contribution in [1.82, 2.24) is 0 Å². The molecule has 7 atom stereocenters. The van der Waals surface area contributed by atoms with E-state index in [0.29, 0.717) is 5.41 Å². The van der Waals surface area contributed by atoms with Crippen molar-refractivity contribution < 1.29 is 14.6 Å². The monoisotopic (exact) mass is 336 g/mol. The van der Waals surface area contributed by atoms with Gasteiger partial charge in [-0.2, -0.15) is 0 Å². The van der Waals surface area contributed by atoms with Gasteiger partial charge in [0.05, 0.1) is 6.10 Å². The highest BCUT2D eigenvalue weighted by atomic mass is 16.7. The first-order valence-corrected chi connectivity index (χ1v) is 10.2. The maximum Gasteiger partial charge on any atom is 0.167 e. The summed E-state index contributed by atoms with van der Waals surface area (Å²) in [5, 5.41) is 10.6. The Morgan fingerprint density at radius 1 is 0.792 bits per heavy atom. The molecule has 24 heavy (non-hydrogen) atoms. The summed E-state index contributed by atoms with van der Waals surface area (Å²) in [5.41, 5.74) is 0.639. The Kier molecular flexibility index (Phi) is 4.10. The normalized spacial score (nSPS) is 53.1. The van der Waals surface area contributed by atoms with E-state index in [4.69, 9.17) is 9.47 Å². The molecule has 4 saturated carbocycles. The van der Waals surface area contributed by atoms with Gasteiger partial charge in [-0.1, -0.05) is 13.8 Å². The molecule has 4 fully saturated rings. The fourth-order valence-corrected chi connectivity index (χ4v) is 7.62. The molecular formula is C21H36O3. The van der Waals surface area contributed by atoms with E-state index in [1.54, 1.807) is 0 Å². The lowest BCUT2D eigenvalue weighted by Gasteiger charge is -2.61. The minimum absolute atomic E-state index is 0.0602. The van der Waals surface area contributed by atoms with Crippen LogP contribution in [0.5, 0.6) is 0 Å². The Balaban J connectivity index is 1.59. The lowest BCUT2D eigenvalue weighted by Crippen LogP contribution is -2.56. The number of aliphatic hydroxyl groups is 1. The number of aliphatic hydroxyl groups excluding tert-OH is 1. The second-order valence-electron chi connectivity index (χ2n) is 9.82. The number of hydrogen-bond donors (Lipinski definition) is 1. The van der Waals surface area contributed by atoms with Crippen molar-refractivity contribution >= 4 is 0 Å². The van der Waals surface area contributed by atoms with Crippen molar-refractivity contribution in [1.29, 1.82) is 0 Å². The molecule has 138 valence electrons. The smallest absolute Gasteiger partial charge is 0.167 e. The molecule has 4 aliphatic carbocycles. The molecule has 1 N–H and O–H groups in total. The molecule has 0 saturated heterocycles. The van der Waals surface area contributed by atoms with Gasteiger partial charge in [0, 0.05) is 27.1 Å². The molecule has 0 amide bonds. The van der Waals surface area contributed by atoms with Gasteiger partial charge in [0.2, 0.25) is 0 Å². The highest BCUT2D eigenvalue weighted by Crippen LogP contribution is 2.67. The predicted molar refractivity (Wildman–Crippen MR) is 94.5 cm³/mol. The van der Waals surface area contributed by atoms with E-state index in [1.165, 1.54) is 38.5 Å². The van der Waals surface area contributed by atoms with E-state index >= 15 is 0 Å². The van der Waals surface area contributed by atoms with Crippen LogP contribution in [0.3, 0.4) is 0 Å². The van der Waals surface area contributed by atoms with Gasteiger partial charge < -0.3 is 14.6 Å². The summed E-state index contributed by atoms with van der Waals surface area (Å²) in [6.07, 6.45) is 10.7. The molecule has 0 unspecified atom stereocenters. The SMILES string of the molecule is COC1(OC)CC[C@@]2(C)[C@@H](CC[C@H]3[C@H]2CC[C@@]2(C)[C@@H]3CC[C@@H]2O)C1. The standard InChI is InChI=1S/C21H36O3/c1-19-11-12-21(23-3,24-4)13-14(19)5-6-15-16-7-8-18(22)20(16,2)10-9-17(15)19/h14-18,22H,5-13H2,1-4H3/t14-,15+,16+,17+,18-,19-,20-/m0/s1. The van der Waals surface area contributed by atoms with Crippen LogP contribution >= 0.6 is 0 Å². The summed E-state index contributed by atoms with van der Waals surface area (Å²) in [7, 11) is 3.62. The Labute approximate surface area is 147 Å². The van der Waals surface area contributed by atoms with Gasteiger partial charge in [-0.3, -0.25) is 0 Å². The Morgan fingerprint density at radius 2 is 1.50 bits per heavy atom. The number of fused-ring (bicyclic) bond motifs is 5. The average Bonchev–Trinajstić information content (AvgIpc) is 2.90. The third-order valence-corrected chi connectivity index (χ3v) is 9.36. The zero-order valence-electron chi connectivity index (χ0n) is 16.0. The van der Waals surface area contributed by atoms with E-state index < -0.39 is 0 Å². The number of rotatable bonds is 2. The Bertz CT molecular complexity index is 487. The van der Waals surface area contributed by atoms with Crippen LogP contribution in [0, 0.1) is 34.5 Å². The number of hydrogen-bond acceptors (Lipinski definition) is 3. The van der Waals surface area contributed by atoms with E-state index in [-0.39, 0.29) is 17.3 Å². The molecule has 4 rings (SSSR count). The molecule has 3 nitrogen and oxygen atoms in total. The highest BCUT2D eigenvalue weighted by molar-refractivity contribution is 5.10. The molecule has 0 aromatic rings. The van der Waals surface area contributed by atoms with Gasteiger partial charge in [-0.25, -0.2) is 0 Å². The lowest BCUT2D eigenvalue weighted by molar-refractivity contribution is -0.261. The quantitative estimate of drug-likeness (QED) is 0.761. The van der Waals surface area contributed by atoms with E-state index in [9.17, 15) is 5.11 Å². The third kappa shape index (κ3) is 2.20. The summed E-state index contributed by atoms with van der Waals surface area (Å²) in [6, 6.07) is 0. The highest BCUT2D eigenvalue weighted by Gasteiger charge is 2.61. The van der Waals surface area contributed by atoms with E-state index in [0.717, 1.165) is 42.9 Å². The first-order chi connectivity index (χ1) is 11.4. The topological polar surface area (TPSA) is 38.7 Å². The summed E-state index contributed by atoms with van der Waals surface area (Å²) in [5.74, 6) is 2.80. The van der Waals surface area contributed by atoms with Gasteiger partial charge in [0.25, 0.3) is 0 Å². The molecule has 0 aromatic heterocycles. The van der Waals surface area contributed by atoms with Crippen molar-refractivity contribution in [2.45, 2.75) is 83.5 Å². The predicted octanol–water partition coefficient (Wildman–Crippen LogP) is 4.38. The Hall–Kier alpha value is -0.120. The molecule has 0 radical (unpaired) electrons. The van der Waals surface area contributed by atoms with Crippen molar-refractivity contribution in [2.75, 3.05) is 14.2 Å². The second kappa shape index (κ2) is 5.69. The summed E-state index contributed by atoms with van der Waals surface area (Å²) >= 11 is 0. The molecule has 0 heterocycles. The minimum atomic E-state index is -0.344. The minimum Gasteiger partial charge on any atom is -0.393 e. The number of methoxy groups -OCH3 is 2. The van der Waals surface area contributed by atoms with Crippen LogP contribution in [0.25, 0.3) is 0 Å². The first kappa shape index (κ1) is 17.3. The molecule has 0 aliphatic heterocycles. The zero-order valence-corrected chi connectivity index (χ0v) is 16.0. The lowest BCUT2D eigenvalue weighted by atomic mass is 9.45. The van der Waals surface area contributed by atoms with Crippen LogP contribution in [0.1, 0.15) is 71.6 Å². The van der Waals surface area contributed by atoms with Gasteiger partial charge in [-0.05, 0) is 79.4 Å². The fourth-order valence-electron chi connectivity index (χ4n) is 7.62. The fraction of sp³-hybridized carbons (Fsp3) is 1.00. The van der Waals surface area contributed by atoms with Crippen molar-refractivity contribution in [3.05, 3.63) is 0 Å². The molecule has 3 heteroatoms. The molecule has 0 bridgehead atoms. The number of ether oxygens (including phenoxy) is 2. The van der Waals surface area contributed by atoms with Gasteiger partial charge in [-0.15, -0.1) is 0 Å². The molecular weight excluding hydrogens is 300 g/mol. The summed E-state index contributed by atoms with van der Waals surface area (Å²) in [6.45, 7) is 4.94. The molecule has 4 aliphatic rings. The van der Waals surface area contributed by atoms with Crippen molar-refractivity contribution in [2.24, 2.45) is 34.5 Å². The molecule has 0 spiro atoms.